The van der Waals surface area contributed by atoms with Crippen molar-refractivity contribution in [1.29, 1.82) is 0 Å². The maximum Gasteiger partial charge on any atom is 0.262 e. The van der Waals surface area contributed by atoms with Gasteiger partial charge in [-0.1, -0.05) is 30.3 Å². The molecule has 0 aromatic heterocycles. The molecule has 0 radical (unpaired) electrons. The van der Waals surface area contributed by atoms with Gasteiger partial charge >= 0.3 is 0 Å². The number of carbonyl (C=O) groups excluding carboxylic acids is 7. The van der Waals surface area contributed by atoms with Crippen molar-refractivity contribution >= 4 is 63.1 Å². The Morgan fingerprint density at radius 1 is 0.921 bits per heavy atom. The summed E-state index contributed by atoms with van der Waals surface area (Å²) in [4.78, 5) is 94.7. The summed E-state index contributed by atoms with van der Waals surface area (Å²) in [5.41, 5.74) is 1.07. The molecular formula is C42H54N8O11S2. The topological polar surface area (TPSA) is 233 Å². The summed E-state index contributed by atoms with van der Waals surface area (Å²) in [6.45, 7) is 4.02. The van der Waals surface area contributed by atoms with Crippen LogP contribution in [-0.2, 0) is 38.7 Å². The normalized spacial score (nSPS) is 23.7. The monoisotopic (exact) mass is 910 g/mol. The van der Waals surface area contributed by atoms with Gasteiger partial charge in [-0.05, 0) is 49.4 Å². The van der Waals surface area contributed by atoms with Gasteiger partial charge in [0.05, 0.1) is 23.3 Å². The highest BCUT2D eigenvalue weighted by molar-refractivity contribution is 8.00. The fourth-order valence-electron chi connectivity index (χ4n) is 8.30. The van der Waals surface area contributed by atoms with Crippen molar-refractivity contribution in [3.8, 4) is 5.75 Å². The molecule has 0 bridgehead atoms. The number of carbonyl (C=O) groups is 7. The third-order valence-electron chi connectivity index (χ3n) is 11.9. The number of sulfonamides is 1. The zero-order chi connectivity index (χ0) is 44.7. The smallest absolute Gasteiger partial charge is 0.262 e. The molecule has 0 spiro atoms. The number of rotatable bonds is 18. The van der Waals surface area contributed by atoms with Crippen molar-refractivity contribution in [1.82, 2.24) is 40.3 Å². The number of hydrogen-bond acceptors (Lipinski definition) is 14. The number of nitrogens with zero attached hydrogens (tertiary/aromatic N) is 4. The standard InChI is InChI=1S/C42H54N8O11S2/c1-63(58,59)49-15-13-28(25-49)37(53)43-32(38(54)46-42-44-33(26-62-42)27-6-3-2-4-7-27)14-22-60-21-5-8-36(52)48-18-16-47(17-19-48)20-23-61-29-9-10-30-31(24-29)41(57)50(40(30)56)34-11-12-35(51)45-39(34)55/h2-4,6-7,9-10,24,28,32-34,42,44H,5,8,11-23,25-26H2,1H3,(H,43,53)(H,46,54)(H,45,51,55)/t28?,32-,33?,34?,42?/m0/s1. The highest BCUT2D eigenvalue weighted by Crippen LogP contribution is 2.31. The number of imide groups is 2. The van der Waals surface area contributed by atoms with E-state index in [1.54, 1.807) is 17.8 Å². The molecule has 0 aliphatic carbocycles. The molecule has 5 atom stereocenters. The van der Waals surface area contributed by atoms with Crippen molar-refractivity contribution in [2.45, 2.75) is 62.1 Å². The third-order valence-corrected chi connectivity index (χ3v) is 14.3. The Bertz CT molecular complexity index is 2170. The quantitative estimate of drug-likeness (QED) is 0.114. The molecular weight excluding hydrogens is 857 g/mol. The van der Waals surface area contributed by atoms with Gasteiger partial charge in [0.25, 0.3) is 11.8 Å². The summed E-state index contributed by atoms with van der Waals surface area (Å²) < 4.78 is 37.1. The van der Waals surface area contributed by atoms with Gasteiger partial charge in [-0.2, -0.15) is 0 Å². The van der Waals surface area contributed by atoms with Gasteiger partial charge in [0.15, 0.2) is 0 Å². The van der Waals surface area contributed by atoms with Gasteiger partial charge in [0.2, 0.25) is 39.6 Å². The lowest BCUT2D eigenvalue weighted by Gasteiger charge is -2.34. The Kier molecular flexibility index (Phi) is 15.1. The fraction of sp³-hybridized carbons (Fsp3) is 0.548. The average molecular weight is 911 g/mol. The van der Waals surface area contributed by atoms with E-state index in [0.717, 1.165) is 22.5 Å². The highest BCUT2D eigenvalue weighted by Gasteiger charge is 2.45. The lowest BCUT2D eigenvalue weighted by molar-refractivity contribution is -0.136. The van der Waals surface area contributed by atoms with Gasteiger partial charge in [-0.3, -0.25) is 54.0 Å². The number of piperazine rings is 1. The number of benzene rings is 2. The van der Waals surface area contributed by atoms with Gasteiger partial charge in [-0.25, -0.2) is 12.7 Å². The summed E-state index contributed by atoms with van der Waals surface area (Å²) in [7, 11) is -3.44. The predicted molar refractivity (Wildman–Crippen MR) is 229 cm³/mol. The minimum Gasteiger partial charge on any atom is -0.492 e. The molecule has 21 heteroatoms. The molecule has 2 aromatic rings. The molecule has 7 amide bonds. The summed E-state index contributed by atoms with van der Waals surface area (Å²) in [6.07, 6.45) is 2.55. The van der Waals surface area contributed by atoms with Gasteiger partial charge < -0.3 is 25.0 Å². The number of amides is 7. The first-order valence-corrected chi connectivity index (χ1v) is 24.2. The maximum atomic E-state index is 13.5. The van der Waals surface area contributed by atoms with Crippen molar-refractivity contribution in [3.63, 3.8) is 0 Å². The number of nitrogens with one attached hydrogen (secondary N) is 4. The zero-order valence-electron chi connectivity index (χ0n) is 35.1. The van der Waals surface area contributed by atoms with Crippen LogP contribution in [0.3, 0.4) is 0 Å². The largest absolute Gasteiger partial charge is 0.492 e. The van der Waals surface area contributed by atoms with E-state index < -0.39 is 51.7 Å². The van der Waals surface area contributed by atoms with Crippen LogP contribution < -0.4 is 26.0 Å². The summed E-state index contributed by atoms with van der Waals surface area (Å²) in [5, 5.41) is 11.4. The second kappa shape index (κ2) is 20.7. The zero-order valence-corrected chi connectivity index (χ0v) is 36.8. The average Bonchev–Trinajstić information content (AvgIpc) is 4.02. The SMILES string of the molecule is CS(=O)(=O)N1CCC(C(=O)N[C@@H](CCOCCCC(=O)N2CCN(CCOc3ccc4c(c3)C(=O)N(C3CCC(=O)NC3=O)C4=O)CC2)C(=O)NC2NC(c3ccccc3)CS2)C1. The predicted octanol–water partition coefficient (Wildman–Crippen LogP) is 0.0415. The van der Waals surface area contributed by atoms with Crippen LogP contribution in [0.4, 0.5) is 0 Å². The Morgan fingerprint density at radius 2 is 1.68 bits per heavy atom. The number of piperidine rings is 1. The fourth-order valence-corrected chi connectivity index (χ4v) is 10.3. The minimum absolute atomic E-state index is 0.0118. The molecule has 19 nitrogen and oxygen atoms in total. The molecule has 4 N–H and O–H groups in total. The van der Waals surface area contributed by atoms with E-state index >= 15 is 0 Å². The van der Waals surface area contributed by atoms with Crippen molar-refractivity contribution in [2.24, 2.45) is 5.92 Å². The Balaban J connectivity index is 0.799. The number of thioether (sulfide) groups is 1. The van der Waals surface area contributed by atoms with E-state index in [0.29, 0.717) is 57.9 Å². The van der Waals surface area contributed by atoms with Gasteiger partial charge in [-0.15, -0.1) is 11.8 Å². The first-order valence-electron chi connectivity index (χ1n) is 21.3. The second-order valence-corrected chi connectivity index (χ2v) is 19.4. The third kappa shape index (κ3) is 11.6. The first kappa shape index (κ1) is 46.1. The van der Waals surface area contributed by atoms with E-state index in [4.69, 9.17) is 9.47 Å². The van der Waals surface area contributed by atoms with Crippen LogP contribution in [-0.4, -0.2) is 164 Å². The van der Waals surface area contributed by atoms with E-state index in [1.807, 2.05) is 35.2 Å². The van der Waals surface area contributed by atoms with Crippen LogP contribution in [0.25, 0.3) is 0 Å². The number of hydrogen-bond donors (Lipinski definition) is 4. The minimum atomic E-state index is -3.44. The lowest BCUT2D eigenvalue weighted by Crippen LogP contribution is -2.54. The van der Waals surface area contributed by atoms with Crippen molar-refractivity contribution < 1.29 is 51.5 Å². The Hall–Kier alpha value is -4.93. The molecule has 63 heavy (non-hydrogen) atoms. The molecule has 4 unspecified atom stereocenters. The molecule has 7 rings (SSSR count). The molecule has 4 fully saturated rings. The van der Waals surface area contributed by atoms with Crippen molar-refractivity contribution in [3.05, 3.63) is 65.2 Å². The van der Waals surface area contributed by atoms with Crippen molar-refractivity contribution in [2.75, 3.05) is 77.6 Å². The molecule has 5 aliphatic rings. The molecule has 2 aromatic carbocycles. The van der Waals surface area contributed by atoms with Gasteiger partial charge in [0.1, 0.15) is 29.9 Å². The van der Waals surface area contributed by atoms with Crippen LogP contribution in [0.5, 0.6) is 5.75 Å². The summed E-state index contributed by atoms with van der Waals surface area (Å²) >= 11 is 1.56. The molecule has 4 saturated heterocycles. The molecule has 0 saturated carbocycles. The van der Waals surface area contributed by atoms with E-state index in [-0.39, 0.29) is 92.4 Å². The van der Waals surface area contributed by atoms with Crippen LogP contribution >= 0.6 is 11.8 Å². The van der Waals surface area contributed by atoms with Crippen LogP contribution in [0.15, 0.2) is 48.5 Å². The Morgan fingerprint density at radius 3 is 2.41 bits per heavy atom. The first-order chi connectivity index (χ1) is 30.2. The van der Waals surface area contributed by atoms with Crippen LogP contribution in [0.2, 0.25) is 0 Å². The number of fused-ring (bicyclic) bond motifs is 1. The van der Waals surface area contributed by atoms with E-state index in [9.17, 15) is 42.0 Å². The molecule has 5 heterocycles. The van der Waals surface area contributed by atoms with E-state index in [1.165, 1.54) is 16.4 Å². The number of ether oxygens (including phenoxy) is 2. The van der Waals surface area contributed by atoms with Gasteiger partial charge in [0, 0.05) is 83.7 Å². The second-order valence-electron chi connectivity index (χ2n) is 16.2. The van der Waals surface area contributed by atoms with E-state index in [2.05, 4.69) is 26.2 Å². The lowest BCUT2D eigenvalue weighted by atomic mass is 10.0. The Labute approximate surface area is 370 Å². The summed E-state index contributed by atoms with van der Waals surface area (Å²) in [5.74, 6) is -2.43. The van der Waals surface area contributed by atoms with Crippen LogP contribution in [0, 0.1) is 5.92 Å². The molecule has 340 valence electrons. The maximum absolute atomic E-state index is 13.5. The summed E-state index contributed by atoms with van der Waals surface area (Å²) in [6, 6.07) is 12.6. The molecule has 5 aliphatic heterocycles. The van der Waals surface area contributed by atoms with Crippen LogP contribution in [0.1, 0.15) is 70.8 Å². The highest BCUT2D eigenvalue weighted by atomic mass is 32.2.